The predicted molar refractivity (Wildman–Crippen MR) is 139 cm³/mol. The lowest BCUT2D eigenvalue weighted by atomic mass is 10.1. The molecule has 0 N–H and O–H groups in total. The van der Waals surface area contributed by atoms with Crippen molar-refractivity contribution in [3.63, 3.8) is 0 Å². The van der Waals surface area contributed by atoms with Crippen molar-refractivity contribution < 1.29 is 9.53 Å². The summed E-state index contributed by atoms with van der Waals surface area (Å²) < 4.78 is 6.57. The Bertz CT molecular complexity index is 1250. The van der Waals surface area contributed by atoms with Crippen LogP contribution in [0, 0.1) is 6.92 Å². The molecule has 0 saturated carbocycles. The molecule has 1 aliphatic rings. The van der Waals surface area contributed by atoms with Crippen LogP contribution in [0.1, 0.15) is 22.3 Å². The Balaban J connectivity index is 0.00000259. The highest BCUT2D eigenvalue weighted by atomic mass is 35.5. The van der Waals surface area contributed by atoms with Crippen LogP contribution in [-0.2, 0) is 4.74 Å². The molecule has 2 heterocycles. The minimum Gasteiger partial charge on any atom is -0.379 e. The highest BCUT2D eigenvalue weighted by molar-refractivity contribution is 7.22. The Kier molecular flexibility index (Phi) is 7.60. The van der Waals surface area contributed by atoms with E-state index in [1.54, 1.807) is 11.3 Å². The number of hydrogen-bond donors (Lipinski definition) is 0. The normalized spacial score (nSPS) is 14.3. The summed E-state index contributed by atoms with van der Waals surface area (Å²) in [4.78, 5) is 22.8. The van der Waals surface area contributed by atoms with Gasteiger partial charge < -0.3 is 4.74 Å². The number of rotatable bonds is 6. The van der Waals surface area contributed by atoms with E-state index in [0.29, 0.717) is 12.1 Å². The number of aromatic nitrogens is 1. The van der Waals surface area contributed by atoms with Gasteiger partial charge in [-0.25, -0.2) is 4.98 Å². The fourth-order valence-electron chi connectivity index (χ4n) is 4.23. The van der Waals surface area contributed by atoms with Crippen LogP contribution < -0.4 is 4.90 Å². The fraction of sp³-hybridized carbons (Fsp3) is 0.308. The zero-order valence-corrected chi connectivity index (χ0v) is 20.3. The minimum atomic E-state index is 0. The number of carbonyl (C=O) groups is 1. The average molecular weight is 482 g/mol. The number of ether oxygens (including phenoxy) is 1. The summed E-state index contributed by atoms with van der Waals surface area (Å²) in [5, 5.41) is 2.99. The van der Waals surface area contributed by atoms with E-state index in [0.717, 1.165) is 71.0 Å². The summed E-state index contributed by atoms with van der Waals surface area (Å²) in [6, 6.07) is 20.3. The molecule has 0 bridgehead atoms. The third-order valence-corrected chi connectivity index (χ3v) is 7.09. The number of amides is 1. The first-order valence-electron chi connectivity index (χ1n) is 11.2. The van der Waals surface area contributed by atoms with Gasteiger partial charge in [-0.2, -0.15) is 0 Å². The van der Waals surface area contributed by atoms with Crippen molar-refractivity contribution in [3.8, 4) is 0 Å². The van der Waals surface area contributed by atoms with Crippen molar-refractivity contribution in [2.75, 3.05) is 44.3 Å². The second-order valence-corrected chi connectivity index (χ2v) is 9.25. The third kappa shape index (κ3) is 5.20. The van der Waals surface area contributed by atoms with E-state index in [1.165, 1.54) is 0 Å². The molecule has 0 unspecified atom stereocenters. The van der Waals surface area contributed by atoms with Crippen molar-refractivity contribution in [2.24, 2.45) is 0 Å². The van der Waals surface area contributed by atoms with Gasteiger partial charge in [0.1, 0.15) is 0 Å². The van der Waals surface area contributed by atoms with Crippen LogP contribution in [0.5, 0.6) is 0 Å². The van der Waals surface area contributed by atoms with Crippen LogP contribution in [0.4, 0.5) is 5.13 Å². The van der Waals surface area contributed by atoms with Gasteiger partial charge in [0.2, 0.25) is 0 Å². The summed E-state index contributed by atoms with van der Waals surface area (Å²) >= 11 is 1.59. The van der Waals surface area contributed by atoms with Crippen LogP contribution in [0.3, 0.4) is 0 Å². The number of nitrogens with zero attached hydrogens (tertiary/aromatic N) is 3. The first kappa shape index (κ1) is 23.6. The molecular formula is C26H28ClN3O2S. The number of carbonyl (C=O) groups excluding carboxylic acids is 1. The van der Waals surface area contributed by atoms with Gasteiger partial charge in [-0.1, -0.05) is 53.8 Å². The Labute approximate surface area is 204 Å². The summed E-state index contributed by atoms with van der Waals surface area (Å²) in [6.45, 7) is 7.15. The van der Waals surface area contributed by atoms with Gasteiger partial charge in [0.05, 0.1) is 23.4 Å². The minimum absolute atomic E-state index is 0. The van der Waals surface area contributed by atoms with E-state index in [1.807, 2.05) is 41.3 Å². The smallest absolute Gasteiger partial charge is 0.260 e. The van der Waals surface area contributed by atoms with Crippen LogP contribution in [-0.4, -0.2) is 55.2 Å². The van der Waals surface area contributed by atoms with E-state index < -0.39 is 0 Å². The average Bonchev–Trinajstić information content (AvgIpc) is 3.27. The second kappa shape index (κ2) is 10.6. The molecule has 3 aromatic carbocycles. The number of halogens is 1. The highest BCUT2D eigenvalue weighted by Crippen LogP contribution is 2.32. The van der Waals surface area contributed by atoms with Crippen LogP contribution >= 0.6 is 23.7 Å². The Morgan fingerprint density at radius 2 is 1.85 bits per heavy atom. The molecule has 1 aromatic heterocycles. The molecule has 1 amide bonds. The topological polar surface area (TPSA) is 45.7 Å². The van der Waals surface area contributed by atoms with Gasteiger partial charge in [0.15, 0.2) is 5.13 Å². The molecule has 5 nitrogen and oxygen atoms in total. The van der Waals surface area contributed by atoms with Gasteiger partial charge in [-0.15, -0.1) is 12.4 Å². The van der Waals surface area contributed by atoms with E-state index in [-0.39, 0.29) is 18.3 Å². The van der Waals surface area contributed by atoms with Crippen molar-refractivity contribution >= 4 is 55.8 Å². The fourth-order valence-corrected chi connectivity index (χ4v) is 5.30. The monoisotopic (exact) mass is 481 g/mol. The number of benzene rings is 3. The van der Waals surface area contributed by atoms with Gasteiger partial charge in [0, 0.05) is 31.7 Å². The lowest BCUT2D eigenvalue weighted by molar-refractivity contribution is 0.0376. The number of thiazole rings is 1. The van der Waals surface area contributed by atoms with Gasteiger partial charge in [0.25, 0.3) is 5.91 Å². The number of aryl methyl sites for hydroxylation is 1. The summed E-state index contributed by atoms with van der Waals surface area (Å²) in [7, 11) is 0. The zero-order valence-electron chi connectivity index (χ0n) is 18.7. The molecule has 33 heavy (non-hydrogen) atoms. The number of hydrogen-bond acceptors (Lipinski definition) is 5. The van der Waals surface area contributed by atoms with E-state index in [9.17, 15) is 4.79 Å². The van der Waals surface area contributed by atoms with Gasteiger partial charge in [-0.05, 0) is 47.9 Å². The van der Waals surface area contributed by atoms with Crippen LogP contribution in [0.15, 0.2) is 60.7 Å². The Morgan fingerprint density at radius 1 is 1.06 bits per heavy atom. The molecule has 4 aromatic rings. The van der Waals surface area contributed by atoms with Crippen LogP contribution in [0.25, 0.3) is 21.0 Å². The molecule has 1 saturated heterocycles. The van der Waals surface area contributed by atoms with E-state index in [2.05, 4.69) is 36.1 Å². The Morgan fingerprint density at radius 3 is 2.64 bits per heavy atom. The second-order valence-electron chi connectivity index (χ2n) is 8.24. The maximum atomic E-state index is 13.7. The molecule has 1 fully saturated rings. The van der Waals surface area contributed by atoms with Crippen molar-refractivity contribution in [1.29, 1.82) is 0 Å². The molecule has 0 atom stereocenters. The number of morpholine rings is 1. The maximum Gasteiger partial charge on any atom is 0.260 e. The largest absolute Gasteiger partial charge is 0.379 e. The van der Waals surface area contributed by atoms with Gasteiger partial charge >= 0.3 is 0 Å². The summed E-state index contributed by atoms with van der Waals surface area (Å²) in [6.07, 6.45) is 0.897. The molecule has 1 aliphatic heterocycles. The molecule has 172 valence electrons. The quantitative estimate of drug-likeness (QED) is 0.362. The van der Waals surface area contributed by atoms with Gasteiger partial charge in [-0.3, -0.25) is 14.6 Å². The number of para-hydroxylation sites is 1. The lowest BCUT2D eigenvalue weighted by Crippen LogP contribution is -2.39. The molecule has 0 spiro atoms. The van der Waals surface area contributed by atoms with Crippen molar-refractivity contribution in [1.82, 2.24) is 9.88 Å². The standard InChI is InChI=1S/C26H27N3O2S.ClH/c1-19-6-4-9-23-24(19)27-26(32-23)29(13-5-12-28-14-16-31-17-15-28)25(30)22-11-10-20-7-2-3-8-21(20)18-22;/h2-4,6-11,18H,5,12-17H2,1H3;1H. The number of anilines is 1. The first-order valence-corrected chi connectivity index (χ1v) is 12.0. The molecule has 7 heteroatoms. The highest BCUT2D eigenvalue weighted by Gasteiger charge is 2.22. The summed E-state index contributed by atoms with van der Waals surface area (Å²) in [5.74, 6) is 0.00874. The number of fused-ring (bicyclic) bond motifs is 2. The van der Waals surface area contributed by atoms with Crippen molar-refractivity contribution in [3.05, 3.63) is 71.8 Å². The molecule has 0 aliphatic carbocycles. The Hall–Kier alpha value is -2.51. The van der Waals surface area contributed by atoms with Crippen LogP contribution in [0.2, 0.25) is 0 Å². The third-order valence-electron chi connectivity index (χ3n) is 6.04. The summed E-state index contributed by atoms with van der Waals surface area (Å²) in [5.41, 5.74) is 2.82. The molecule has 0 radical (unpaired) electrons. The van der Waals surface area contributed by atoms with Crippen molar-refractivity contribution in [2.45, 2.75) is 13.3 Å². The maximum absolute atomic E-state index is 13.7. The lowest BCUT2D eigenvalue weighted by Gasteiger charge is -2.27. The first-order chi connectivity index (χ1) is 15.7. The SMILES string of the molecule is Cc1cccc2sc(N(CCCN3CCOCC3)C(=O)c3ccc4ccccc4c3)nc12.Cl. The predicted octanol–water partition coefficient (Wildman–Crippen LogP) is 5.55. The van der Waals surface area contributed by atoms with E-state index in [4.69, 9.17) is 9.72 Å². The zero-order chi connectivity index (χ0) is 21.9. The molecular weight excluding hydrogens is 454 g/mol. The molecule has 5 rings (SSSR count). The van der Waals surface area contributed by atoms with E-state index >= 15 is 0 Å².